The average molecular weight is 423 g/mol. The number of aromatic nitrogens is 1. The minimum absolute atomic E-state index is 0.270. The van der Waals surface area contributed by atoms with Crippen molar-refractivity contribution in [3.63, 3.8) is 0 Å². The molecule has 0 aliphatic carbocycles. The second-order valence-corrected chi connectivity index (χ2v) is 7.82. The lowest BCUT2D eigenvalue weighted by molar-refractivity contribution is 0.0607. The summed E-state index contributed by atoms with van der Waals surface area (Å²) in [6, 6.07) is 12.9. The Hall–Kier alpha value is -3.52. The van der Waals surface area contributed by atoms with Crippen LogP contribution in [0, 0.1) is 5.82 Å². The van der Waals surface area contributed by atoms with Gasteiger partial charge in [0, 0.05) is 24.9 Å². The van der Waals surface area contributed by atoms with E-state index < -0.39 is 11.8 Å². The molecule has 2 aromatic carbocycles. The van der Waals surface area contributed by atoms with Crippen molar-refractivity contribution in [2.45, 2.75) is 0 Å². The van der Waals surface area contributed by atoms with Gasteiger partial charge < -0.3 is 9.64 Å². The molecule has 0 saturated heterocycles. The normalized spacial score (nSPS) is 11.5. The number of esters is 1. The van der Waals surface area contributed by atoms with Crippen molar-refractivity contribution in [1.82, 2.24) is 9.47 Å². The minimum atomic E-state index is -0.551. The van der Waals surface area contributed by atoms with Gasteiger partial charge in [-0.1, -0.05) is 24.3 Å². The molecule has 4 rings (SSSR count). The maximum absolute atomic E-state index is 14.0. The Morgan fingerprint density at radius 1 is 1.17 bits per heavy atom. The number of ether oxygens (including phenoxy) is 1. The topological polar surface area (TPSA) is 63.9 Å². The van der Waals surface area contributed by atoms with E-state index >= 15 is 0 Å². The van der Waals surface area contributed by atoms with Crippen LogP contribution >= 0.6 is 11.3 Å². The second-order valence-electron chi connectivity index (χ2n) is 6.83. The standard InChI is InChI=1S/C22H18FN3O3S/c1-25(2)12-24-18-17-15-9-4-5-10-16(15)20(27)26(14-8-6-7-13(23)11-14)21(17)30-19(18)22(28)29-3/h4-12H,1-3H3. The molecule has 30 heavy (non-hydrogen) atoms. The SMILES string of the molecule is COC(=O)c1sc2c(c1N=CN(C)C)c1ccccc1c(=O)n2-c1cccc(F)c1. The van der Waals surface area contributed by atoms with Crippen LogP contribution in [-0.2, 0) is 4.74 Å². The quantitative estimate of drug-likeness (QED) is 0.278. The molecular weight excluding hydrogens is 405 g/mol. The molecule has 0 fully saturated rings. The summed E-state index contributed by atoms with van der Waals surface area (Å²) in [6.07, 6.45) is 1.58. The highest BCUT2D eigenvalue weighted by molar-refractivity contribution is 7.21. The fourth-order valence-corrected chi connectivity index (χ4v) is 4.49. The first kappa shape index (κ1) is 19.8. The average Bonchev–Trinajstić information content (AvgIpc) is 3.11. The highest BCUT2D eigenvalue weighted by Crippen LogP contribution is 2.42. The predicted molar refractivity (Wildman–Crippen MR) is 118 cm³/mol. The van der Waals surface area contributed by atoms with Gasteiger partial charge in [-0.3, -0.25) is 9.36 Å². The Labute approximate surface area is 175 Å². The minimum Gasteiger partial charge on any atom is -0.465 e. The summed E-state index contributed by atoms with van der Waals surface area (Å²) in [5.41, 5.74) is 0.484. The summed E-state index contributed by atoms with van der Waals surface area (Å²) in [7, 11) is 4.93. The second kappa shape index (κ2) is 7.72. The van der Waals surface area contributed by atoms with Crippen LogP contribution in [0.1, 0.15) is 9.67 Å². The van der Waals surface area contributed by atoms with Gasteiger partial charge >= 0.3 is 5.97 Å². The maximum atomic E-state index is 14.0. The molecule has 0 N–H and O–H groups in total. The summed E-state index contributed by atoms with van der Waals surface area (Å²) < 4.78 is 20.3. The zero-order chi connectivity index (χ0) is 21.4. The van der Waals surface area contributed by atoms with E-state index in [-0.39, 0.29) is 10.4 Å². The molecule has 0 amide bonds. The maximum Gasteiger partial charge on any atom is 0.350 e. The van der Waals surface area contributed by atoms with E-state index in [1.54, 1.807) is 29.4 Å². The summed E-state index contributed by atoms with van der Waals surface area (Å²) >= 11 is 1.10. The van der Waals surface area contributed by atoms with Crippen molar-refractivity contribution in [3.05, 3.63) is 69.6 Å². The predicted octanol–water partition coefficient (Wildman–Crippen LogP) is 4.35. The molecular formula is C22H18FN3O3S. The smallest absolute Gasteiger partial charge is 0.350 e. The molecule has 2 heterocycles. The fraction of sp³-hybridized carbons (Fsp3) is 0.136. The molecule has 0 aliphatic heterocycles. The van der Waals surface area contributed by atoms with Crippen LogP contribution in [0.5, 0.6) is 0 Å². The first-order chi connectivity index (χ1) is 14.4. The van der Waals surface area contributed by atoms with Gasteiger partial charge in [0.1, 0.15) is 21.2 Å². The van der Waals surface area contributed by atoms with E-state index in [9.17, 15) is 14.0 Å². The number of carbonyl (C=O) groups is 1. The Kier molecular flexibility index (Phi) is 5.09. The van der Waals surface area contributed by atoms with Crippen molar-refractivity contribution in [1.29, 1.82) is 0 Å². The third-order valence-corrected chi connectivity index (χ3v) is 5.70. The molecule has 0 spiro atoms. The van der Waals surface area contributed by atoms with Gasteiger partial charge in [-0.2, -0.15) is 0 Å². The van der Waals surface area contributed by atoms with Gasteiger partial charge in [0.25, 0.3) is 5.56 Å². The van der Waals surface area contributed by atoms with Crippen molar-refractivity contribution in [2.24, 2.45) is 4.99 Å². The summed E-state index contributed by atoms with van der Waals surface area (Å²) in [5, 5.41) is 1.75. The molecule has 0 unspecified atom stereocenters. The molecule has 0 saturated carbocycles. The lowest BCUT2D eigenvalue weighted by atomic mass is 10.1. The number of benzene rings is 2. The molecule has 6 nitrogen and oxygen atoms in total. The van der Waals surface area contributed by atoms with E-state index in [0.29, 0.717) is 32.4 Å². The van der Waals surface area contributed by atoms with Crippen LogP contribution < -0.4 is 5.56 Å². The van der Waals surface area contributed by atoms with E-state index in [1.807, 2.05) is 26.2 Å². The first-order valence-electron chi connectivity index (χ1n) is 9.07. The Balaban J connectivity index is 2.24. The van der Waals surface area contributed by atoms with Crippen molar-refractivity contribution in [3.8, 4) is 5.69 Å². The molecule has 0 radical (unpaired) electrons. The number of rotatable bonds is 4. The van der Waals surface area contributed by atoms with Crippen LogP contribution in [0.2, 0.25) is 0 Å². The molecule has 0 aliphatic rings. The van der Waals surface area contributed by atoms with Gasteiger partial charge in [0.15, 0.2) is 0 Å². The largest absolute Gasteiger partial charge is 0.465 e. The van der Waals surface area contributed by atoms with E-state index in [1.165, 1.54) is 29.9 Å². The number of pyridine rings is 1. The third-order valence-electron chi connectivity index (χ3n) is 4.55. The monoisotopic (exact) mass is 423 g/mol. The summed E-state index contributed by atoms with van der Waals surface area (Å²) in [5.74, 6) is -1.01. The Morgan fingerprint density at radius 3 is 2.57 bits per heavy atom. The third kappa shape index (κ3) is 3.25. The number of thiophene rings is 1. The molecule has 8 heteroatoms. The fourth-order valence-electron chi connectivity index (χ4n) is 3.29. The number of halogens is 1. The van der Waals surface area contributed by atoms with Crippen LogP contribution in [0.3, 0.4) is 0 Å². The van der Waals surface area contributed by atoms with Gasteiger partial charge in [0.05, 0.1) is 19.1 Å². The number of nitrogens with zero attached hydrogens (tertiary/aromatic N) is 3. The van der Waals surface area contributed by atoms with Crippen molar-refractivity contribution >= 4 is 50.3 Å². The van der Waals surface area contributed by atoms with Crippen LogP contribution in [0.15, 0.2) is 58.3 Å². The number of hydrogen-bond donors (Lipinski definition) is 0. The lowest BCUT2D eigenvalue weighted by Gasteiger charge is -2.11. The zero-order valence-electron chi connectivity index (χ0n) is 16.5. The first-order valence-corrected chi connectivity index (χ1v) is 9.89. The van der Waals surface area contributed by atoms with E-state index in [4.69, 9.17) is 4.74 Å². The van der Waals surface area contributed by atoms with Crippen molar-refractivity contribution in [2.75, 3.05) is 21.2 Å². The molecule has 0 atom stereocenters. The number of carbonyl (C=O) groups excluding carboxylic acids is 1. The molecule has 2 aromatic heterocycles. The molecule has 0 bridgehead atoms. The Bertz CT molecular complexity index is 1370. The number of hydrogen-bond acceptors (Lipinski definition) is 5. The Morgan fingerprint density at radius 2 is 1.90 bits per heavy atom. The van der Waals surface area contributed by atoms with Crippen LogP contribution in [0.4, 0.5) is 10.1 Å². The molecule has 4 aromatic rings. The number of aliphatic imine (C=N–C) groups is 1. The lowest BCUT2D eigenvalue weighted by Crippen LogP contribution is -2.18. The highest BCUT2D eigenvalue weighted by Gasteiger charge is 2.24. The van der Waals surface area contributed by atoms with Gasteiger partial charge in [-0.25, -0.2) is 14.2 Å². The van der Waals surface area contributed by atoms with Gasteiger partial charge in [-0.05, 0) is 29.7 Å². The van der Waals surface area contributed by atoms with Gasteiger partial charge in [-0.15, -0.1) is 11.3 Å². The van der Waals surface area contributed by atoms with Crippen molar-refractivity contribution < 1.29 is 13.9 Å². The van der Waals surface area contributed by atoms with E-state index in [0.717, 1.165) is 11.3 Å². The number of fused-ring (bicyclic) bond motifs is 3. The highest BCUT2D eigenvalue weighted by atomic mass is 32.1. The summed E-state index contributed by atoms with van der Waals surface area (Å²) in [6.45, 7) is 0. The molecule has 152 valence electrons. The van der Waals surface area contributed by atoms with E-state index in [2.05, 4.69) is 4.99 Å². The number of methoxy groups -OCH3 is 1. The summed E-state index contributed by atoms with van der Waals surface area (Å²) in [4.78, 5) is 32.9. The zero-order valence-corrected chi connectivity index (χ0v) is 17.4. The van der Waals surface area contributed by atoms with Gasteiger partial charge in [0.2, 0.25) is 0 Å². The van der Waals surface area contributed by atoms with Crippen LogP contribution in [0.25, 0.3) is 26.7 Å². The van der Waals surface area contributed by atoms with Crippen LogP contribution in [-0.4, -0.2) is 43.0 Å².